The normalized spacial score (nSPS) is 11.8. The fraction of sp³-hybridized carbons (Fsp3) is 0.267. The van der Waals surface area contributed by atoms with Gasteiger partial charge in [0.15, 0.2) is 0 Å². The van der Waals surface area contributed by atoms with Crippen molar-refractivity contribution in [3.63, 3.8) is 0 Å². The number of likely N-dealkylation sites (N-methyl/N-ethyl adjacent to an activating group) is 1. The fourth-order valence-electron chi connectivity index (χ4n) is 1.95. The molecule has 0 spiro atoms. The van der Waals surface area contributed by atoms with Gasteiger partial charge in [-0.2, -0.15) is 0 Å². The molecule has 1 aromatic heterocycles. The Labute approximate surface area is 132 Å². The summed E-state index contributed by atoms with van der Waals surface area (Å²) in [5.74, 6) is 0.616. The van der Waals surface area contributed by atoms with Gasteiger partial charge < -0.3 is 10.2 Å². The van der Waals surface area contributed by atoms with Crippen LogP contribution in [-0.4, -0.2) is 40.9 Å². The summed E-state index contributed by atoms with van der Waals surface area (Å²) in [4.78, 5) is 22.0. The minimum absolute atomic E-state index is 0.00404. The fourth-order valence-corrected chi connectivity index (χ4v) is 2.28. The summed E-state index contributed by atoms with van der Waals surface area (Å²) in [7, 11) is 3.49. The molecule has 0 aliphatic carbocycles. The molecule has 1 heterocycles. The van der Waals surface area contributed by atoms with E-state index in [1.165, 1.54) is 6.33 Å². The van der Waals surface area contributed by atoms with Gasteiger partial charge in [0.1, 0.15) is 18.2 Å². The smallest absolute Gasteiger partial charge is 0.244 e. The van der Waals surface area contributed by atoms with Gasteiger partial charge in [0.05, 0.1) is 4.47 Å². The summed E-state index contributed by atoms with van der Waals surface area (Å²) in [6.45, 7) is 0. The van der Waals surface area contributed by atoms with E-state index in [2.05, 4.69) is 31.2 Å². The average molecular weight is 349 g/mol. The van der Waals surface area contributed by atoms with Gasteiger partial charge in [-0.1, -0.05) is 30.3 Å². The third-order valence-electron chi connectivity index (χ3n) is 3.00. The lowest BCUT2D eigenvalue weighted by molar-refractivity contribution is -0.129. The molecule has 110 valence electrons. The summed E-state index contributed by atoms with van der Waals surface area (Å²) < 4.78 is 0.731. The molecule has 1 amide bonds. The van der Waals surface area contributed by atoms with Crippen LogP contribution in [0.3, 0.4) is 0 Å². The first-order valence-corrected chi connectivity index (χ1v) is 7.34. The van der Waals surface area contributed by atoms with Gasteiger partial charge in [-0.15, -0.1) is 0 Å². The highest BCUT2D eigenvalue weighted by molar-refractivity contribution is 9.10. The van der Waals surface area contributed by atoms with E-state index in [4.69, 9.17) is 0 Å². The Balaban J connectivity index is 2.20. The molecule has 0 saturated heterocycles. The molecule has 1 atom stereocenters. The third kappa shape index (κ3) is 4.26. The standard InChI is InChI=1S/C15H17BrN4O/c1-20(2)15(21)13(8-11-6-4-3-5-7-11)19-14-12(16)9-17-10-18-14/h3-7,9-10,13H,8H2,1-2H3,(H,17,18,19)/t13-/m1/s1. The highest BCUT2D eigenvalue weighted by Crippen LogP contribution is 2.19. The number of amides is 1. The quantitative estimate of drug-likeness (QED) is 0.900. The Hall–Kier alpha value is -1.95. The second-order valence-corrected chi connectivity index (χ2v) is 5.69. The average Bonchev–Trinajstić information content (AvgIpc) is 2.49. The van der Waals surface area contributed by atoms with E-state index in [-0.39, 0.29) is 11.9 Å². The van der Waals surface area contributed by atoms with Crippen LogP contribution in [0.15, 0.2) is 47.3 Å². The topological polar surface area (TPSA) is 58.1 Å². The molecule has 0 radical (unpaired) electrons. The molecule has 2 rings (SSSR count). The van der Waals surface area contributed by atoms with E-state index in [1.807, 2.05) is 30.3 Å². The Morgan fingerprint density at radius 2 is 2.05 bits per heavy atom. The maximum Gasteiger partial charge on any atom is 0.244 e. The first kappa shape index (κ1) is 15.4. The molecule has 2 aromatic rings. The van der Waals surface area contributed by atoms with Crippen molar-refractivity contribution in [1.82, 2.24) is 14.9 Å². The Morgan fingerprint density at radius 3 is 2.67 bits per heavy atom. The zero-order valence-corrected chi connectivity index (χ0v) is 13.5. The van der Waals surface area contributed by atoms with E-state index >= 15 is 0 Å². The predicted molar refractivity (Wildman–Crippen MR) is 86.0 cm³/mol. The van der Waals surface area contributed by atoms with E-state index < -0.39 is 0 Å². The number of nitrogens with zero attached hydrogens (tertiary/aromatic N) is 3. The number of benzene rings is 1. The van der Waals surface area contributed by atoms with Crippen molar-refractivity contribution in [2.24, 2.45) is 0 Å². The molecule has 1 aromatic carbocycles. The van der Waals surface area contributed by atoms with Crippen molar-refractivity contribution in [2.75, 3.05) is 19.4 Å². The summed E-state index contributed by atoms with van der Waals surface area (Å²) in [5, 5.41) is 3.19. The molecule has 1 N–H and O–H groups in total. The van der Waals surface area contributed by atoms with Crippen molar-refractivity contribution in [3.05, 3.63) is 52.9 Å². The number of hydrogen-bond acceptors (Lipinski definition) is 4. The maximum absolute atomic E-state index is 12.4. The molecule has 0 saturated carbocycles. The van der Waals surface area contributed by atoms with E-state index in [0.29, 0.717) is 12.2 Å². The Bertz CT molecular complexity index is 604. The second kappa shape index (κ2) is 7.17. The van der Waals surface area contributed by atoms with Crippen LogP contribution in [0.25, 0.3) is 0 Å². The van der Waals surface area contributed by atoms with Gasteiger partial charge in [-0.05, 0) is 21.5 Å². The molecule has 21 heavy (non-hydrogen) atoms. The van der Waals surface area contributed by atoms with Gasteiger partial charge >= 0.3 is 0 Å². The monoisotopic (exact) mass is 348 g/mol. The predicted octanol–water partition coefficient (Wildman–Crippen LogP) is 2.35. The third-order valence-corrected chi connectivity index (χ3v) is 3.58. The lowest BCUT2D eigenvalue weighted by Crippen LogP contribution is -2.40. The van der Waals surface area contributed by atoms with Crippen molar-refractivity contribution in [2.45, 2.75) is 12.5 Å². The molecule has 5 nitrogen and oxygen atoms in total. The minimum Gasteiger partial charge on any atom is -0.357 e. The molecular formula is C15H17BrN4O. The van der Waals surface area contributed by atoms with Crippen molar-refractivity contribution < 1.29 is 4.79 Å². The maximum atomic E-state index is 12.4. The van der Waals surface area contributed by atoms with Crippen molar-refractivity contribution >= 4 is 27.7 Å². The molecule has 0 unspecified atom stereocenters. The van der Waals surface area contributed by atoms with Gasteiger partial charge in [0.25, 0.3) is 0 Å². The number of anilines is 1. The summed E-state index contributed by atoms with van der Waals surface area (Å²) >= 11 is 3.38. The first-order valence-electron chi connectivity index (χ1n) is 6.55. The van der Waals surface area contributed by atoms with Crippen LogP contribution in [-0.2, 0) is 11.2 Å². The first-order chi connectivity index (χ1) is 10.1. The summed E-state index contributed by atoms with van der Waals surface area (Å²) in [6.07, 6.45) is 3.69. The summed E-state index contributed by atoms with van der Waals surface area (Å²) in [5.41, 5.74) is 1.09. The second-order valence-electron chi connectivity index (χ2n) is 4.84. The number of halogens is 1. The zero-order valence-electron chi connectivity index (χ0n) is 12.0. The highest BCUT2D eigenvalue weighted by atomic mass is 79.9. The Morgan fingerprint density at radius 1 is 1.33 bits per heavy atom. The van der Waals surface area contributed by atoms with Gasteiger partial charge in [0.2, 0.25) is 5.91 Å². The van der Waals surface area contributed by atoms with Gasteiger partial charge in [-0.3, -0.25) is 4.79 Å². The number of rotatable bonds is 5. The molecular weight excluding hydrogens is 332 g/mol. The number of hydrogen-bond donors (Lipinski definition) is 1. The van der Waals surface area contributed by atoms with Crippen LogP contribution < -0.4 is 5.32 Å². The number of carbonyl (C=O) groups is 1. The number of aromatic nitrogens is 2. The van der Waals surface area contributed by atoms with Crippen LogP contribution in [0.2, 0.25) is 0 Å². The zero-order chi connectivity index (χ0) is 15.2. The van der Waals surface area contributed by atoms with E-state index in [9.17, 15) is 4.79 Å². The summed E-state index contributed by atoms with van der Waals surface area (Å²) in [6, 6.07) is 9.52. The highest BCUT2D eigenvalue weighted by Gasteiger charge is 2.21. The van der Waals surface area contributed by atoms with Gasteiger partial charge in [0, 0.05) is 26.7 Å². The number of carbonyl (C=O) groups excluding carboxylic acids is 1. The molecule has 0 aliphatic rings. The SMILES string of the molecule is CN(C)C(=O)[C@@H](Cc1ccccc1)Nc1ncncc1Br. The van der Waals surface area contributed by atoms with Crippen LogP contribution in [0.1, 0.15) is 5.56 Å². The molecule has 6 heteroatoms. The van der Waals surface area contributed by atoms with E-state index in [1.54, 1.807) is 25.2 Å². The molecule has 0 fully saturated rings. The molecule has 0 bridgehead atoms. The lowest BCUT2D eigenvalue weighted by atomic mass is 10.0. The van der Waals surface area contributed by atoms with E-state index in [0.717, 1.165) is 10.0 Å². The number of nitrogens with one attached hydrogen (secondary N) is 1. The van der Waals surface area contributed by atoms with Crippen LogP contribution >= 0.6 is 15.9 Å². The van der Waals surface area contributed by atoms with Crippen molar-refractivity contribution in [3.8, 4) is 0 Å². The van der Waals surface area contributed by atoms with Crippen LogP contribution in [0.4, 0.5) is 5.82 Å². The van der Waals surface area contributed by atoms with Crippen molar-refractivity contribution in [1.29, 1.82) is 0 Å². The van der Waals surface area contributed by atoms with Crippen LogP contribution in [0.5, 0.6) is 0 Å². The Kier molecular flexibility index (Phi) is 5.27. The molecule has 0 aliphatic heterocycles. The lowest BCUT2D eigenvalue weighted by Gasteiger charge is -2.22. The largest absolute Gasteiger partial charge is 0.357 e. The minimum atomic E-state index is -0.381. The van der Waals surface area contributed by atoms with Crippen LogP contribution in [0, 0.1) is 0 Å². The van der Waals surface area contributed by atoms with Gasteiger partial charge in [-0.25, -0.2) is 9.97 Å².